The van der Waals surface area contributed by atoms with Crippen LogP contribution in [0.5, 0.6) is 5.75 Å². The van der Waals surface area contributed by atoms with E-state index in [1.807, 2.05) is 9.80 Å². The predicted molar refractivity (Wildman–Crippen MR) is 211 cm³/mol. The van der Waals surface area contributed by atoms with Gasteiger partial charge >= 0.3 is 0 Å². The number of carbonyl (C=O) groups excluding carboxylic acids is 3. The van der Waals surface area contributed by atoms with Crippen LogP contribution in [-0.4, -0.2) is 115 Å². The Kier molecular flexibility index (Phi) is 12.5. The van der Waals surface area contributed by atoms with Crippen molar-refractivity contribution in [1.29, 1.82) is 0 Å². The molecule has 16 heteroatoms. The summed E-state index contributed by atoms with van der Waals surface area (Å²) in [5.41, 5.74) is 0.674. The highest BCUT2D eigenvalue weighted by atomic mass is 19.1. The second-order valence-electron chi connectivity index (χ2n) is 16.4. The van der Waals surface area contributed by atoms with Crippen molar-refractivity contribution in [3.8, 4) is 5.75 Å². The lowest BCUT2D eigenvalue weighted by atomic mass is 9.92. The van der Waals surface area contributed by atoms with Gasteiger partial charge < -0.3 is 39.2 Å². The van der Waals surface area contributed by atoms with Crippen molar-refractivity contribution < 1.29 is 37.4 Å². The van der Waals surface area contributed by atoms with E-state index < -0.39 is 23.3 Å². The Morgan fingerprint density at radius 2 is 1.64 bits per heavy atom. The minimum absolute atomic E-state index is 0.0399. The monoisotopic (exact) mass is 805 g/mol. The molecule has 0 spiro atoms. The van der Waals surface area contributed by atoms with Crippen LogP contribution >= 0.6 is 0 Å². The number of ether oxygens (including phenoxy) is 3. The van der Waals surface area contributed by atoms with Gasteiger partial charge in [-0.25, -0.2) is 13.8 Å². The Labute approximate surface area is 335 Å². The standard InChI is InChI=1S/C42H53F2N7O7/c43-32-21-28(45-34-2-4-38(52)48-40(34)53)1-3-36(32)50-15-7-27(8-16-50)42(55)51-17-9-29(10-18-51)49-13-5-26(6-14-49)24-57-31-22-33(44)39-35(23-31)46-37(47-41(39)54)25-58-30-11-19-56-20-12-30/h1,3,21-23,26-27,29-30,34,45H,2,4-20,24-25H2,(H,46,47,54)(H,48,52,53). The number of anilines is 2. The Balaban J connectivity index is 0.752. The van der Waals surface area contributed by atoms with E-state index in [1.54, 1.807) is 18.2 Å². The number of likely N-dealkylation sites (tertiary alicyclic amines) is 2. The number of aromatic amines is 1. The van der Waals surface area contributed by atoms with Crippen LogP contribution in [0.2, 0.25) is 0 Å². The molecular weight excluding hydrogens is 752 g/mol. The van der Waals surface area contributed by atoms with E-state index in [0.717, 1.165) is 64.7 Å². The molecule has 5 aliphatic rings. The molecule has 58 heavy (non-hydrogen) atoms. The zero-order valence-corrected chi connectivity index (χ0v) is 32.8. The molecule has 3 aromatic rings. The van der Waals surface area contributed by atoms with E-state index in [1.165, 1.54) is 12.1 Å². The van der Waals surface area contributed by atoms with Crippen molar-refractivity contribution in [2.45, 2.75) is 89.0 Å². The topological polar surface area (TPSA) is 158 Å². The first kappa shape index (κ1) is 40.1. The molecule has 5 aliphatic heterocycles. The Bertz CT molecular complexity index is 2020. The lowest BCUT2D eigenvalue weighted by molar-refractivity contribution is -0.138. The average Bonchev–Trinajstić information content (AvgIpc) is 3.23. The number of amides is 3. The molecule has 5 saturated heterocycles. The van der Waals surface area contributed by atoms with Crippen LogP contribution < -0.4 is 25.8 Å². The number of fused-ring (bicyclic) bond motifs is 1. The summed E-state index contributed by atoms with van der Waals surface area (Å²) in [4.78, 5) is 63.5. The van der Waals surface area contributed by atoms with Gasteiger partial charge in [0.2, 0.25) is 17.7 Å². The summed E-state index contributed by atoms with van der Waals surface area (Å²) in [6, 6.07) is 7.57. The Morgan fingerprint density at radius 3 is 2.36 bits per heavy atom. The van der Waals surface area contributed by atoms with Crippen molar-refractivity contribution in [2.24, 2.45) is 11.8 Å². The van der Waals surface area contributed by atoms with Crippen LogP contribution in [-0.2, 0) is 30.5 Å². The molecule has 0 radical (unpaired) electrons. The molecule has 0 aliphatic carbocycles. The third-order valence-corrected chi connectivity index (χ3v) is 12.5. The van der Waals surface area contributed by atoms with E-state index in [-0.39, 0.29) is 53.6 Å². The van der Waals surface area contributed by atoms with Gasteiger partial charge in [-0.05, 0) is 95.0 Å². The highest BCUT2D eigenvalue weighted by molar-refractivity contribution is 6.01. The number of nitrogens with one attached hydrogen (secondary N) is 3. The van der Waals surface area contributed by atoms with Crippen molar-refractivity contribution in [3.63, 3.8) is 0 Å². The number of piperidine rings is 4. The van der Waals surface area contributed by atoms with Crippen LogP contribution in [0.15, 0.2) is 35.1 Å². The van der Waals surface area contributed by atoms with Gasteiger partial charge in [-0.2, -0.15) is 0 Å². The van der Waals surface area contributed by atoms with Crippen LogP contribution in [0.25, 0.3) is 10.9 Å². The predicted octanol–water partition coefficient (Wildman–Crippen LogP) is 4.11. The SMILES string of the molecule is O=C1CCC(Nc2ccc(N3CCC(C(=O)N4CCC(N5CCC(COc6cc(F)c7c(=O)[nH]c(COC8CCOCC8)nc7c6)CC5)CC4)CC3)c(F)c2)C(=O)N1. The second kappa shape index (κ2) is 18.1. The minimum Gasteiger partial charge on any atom is -0.493 e. The fraction of sp³-hybridized carbons (Fsp3) is 0.595. The molecule has 2 aromatic carbocycles. The zero-order chi connectivity index (χ0) is 40.2. The van der Waals surface area contributed by atoms with Crippen LogP contribution in [0, 0.1) is 23.5 Å². The fourth-order valence-electron chi connectivity index (χ4n) is 9.10. The molecule has 8 rings (SSSR count). The number of halogens is 2. The molecule has 0 saturated carbocycles. The van der Waals surface area contributed by atoms with Gasteiger partial charge in [0.1, 0.15) is 41.2 Å². The number of imide groups is 1. The summed E-state index contributed by atoms with van der Waals surface area (Å²) >= 11 is 0. The van der Waals surface area contributed by atoms with Crippen molar-refractivity contribution in [1.82, 2.24) is 25.1 Å². The maximum Gasteiger partial charge on any atom is 0.261 e. The van der Waals surface area contributed by atoms with Gasteiger partial charge in [0.05, 0.1) is 23.9 Å². The lowest BCUT2D eigenvalue weighted by Crippen LogP contribution is -2.51. The first-order valence-electron chi connectivity index (χ1n) is 20.9. The molecule has 5 fully saturated rings. The first-order valence-corrected chi connectivity index (χ1v) is 20.9. The molecule has 1 aromatic heterocycles. The molecular formula is C42H53F2N7O7. The van der Waals surface area contributed by atoms with Gasteiger partial charge in [0.25, 0.3) is 5.56 Å². The van der Waals surface area contributed by atoms with E-state index >= 15 is 8.78 Å². The summed E-state index contributed by atoms with van der Waals surface area (Å²) in [7, 11) is 0. The fourth-order valence-corrected chi connectivity index (χ4v) is 9.10. The number of rotatable bonds is 11. The van der Waals surface area contributed by atoms with E-state index in [0.29, 0.717) is 87.1 Å². The molecule has 3 N–H and O–H groups in total. The molecule has 1 atom stereocenters. The van der Waals surface area contributed by atoms with Crippen molar-refractivity contribution >= 4 is 40.0 Å². The first-order chi connectivity index (χ1) is 28.2. The largest absolute Gasteiger partial charge is 0.493 e. The van der Waals surface area contributed by atoms with Crippen LogP contribution in [0.3, 0.4) is 0 Å². The second-order valence-corrected chi connectivity index (χ2v) is 16.4. The quantitative estimate of drug-likeness (QED) is 0.240. The molecule has 3 amide bonds. The number of hydrogen-bond acceptors (Lipinski definition) is 11. The highest BCUT2D eigenvalue weighted by Gasteiger charge is 2.34. The molecule has 0 bridgehead atoms. The number of carbonyl (C=O) groups is 3. The Morgan fingerprint density at radius 1 is 0.879 bits per heavy atom. The minimum atomic E-state index is -0.663. The maximum atomic E-state index is 15.2. The third-order valence-electron chi connectivity index (χ3n) is 12.5. The van der Waals surface area contributed by atoms with Gasteiger partial charge in [0.15, 0.2) is 0 Å². The molecule has 1 unspecified atom stereocenters. The number of hydrogen-bond donors (Lipinski definition) is 3. The van der Waals surface area contributed by atoms with E-state index in [4.69, 9.17) is 14.2 Å². The number of nitrogens with zero attached hydrogens (tertiary/aromatic N) is 4. The smallest absolute Gasteiger partial charge is 0.261 e. The number of aromatic nitrogens is 2. The summed E-state index contributed by atoms with van der Waals surface area (Å²) in [5.74, 6) is -0.609. The summed E-state index contributed by atoms with van der Waals surface area (Å²) in [6.07, 6.45) is 7.32. The van der Waals surface area contributed by atoms with Crippen molar-refractivity contribution in [3.05, 3.63) is 58.1 Å². The van der Waals surface area contributed by atoms with Gasteiger partial charge in [-0.15, -0.1) is 0 Å². The molecule has 14 nitrogen and oxygen atoms in total. The third kappa shape index (κ3) is 9.45. The summed E-state index contributed by atoms with van der Waals surface area (Å²) in [6.45, 7) is 6.39. The van der Waals surface area contributed by atoms with E-state index in [2.05, 4.69) is 25.5 Å². The van der Waals surface area contributed by atoms with Crippen LogP contribution in [0.1, 0.15) is 70.0 Å². The molecule has 312 valence electrons. The van der Waals surface area contributed by atoms with Gasteiger partial charge in [-0.1, -0.05) is 0 Å². The van der Waals surface area contributed by atoms with Gasteiger partial charge in [-0.3, -0.25) is 24.5 Å². The average molecular weight is 806 g/mol. The molecule has 6 heterocycles. The number of H-pyrrole nitrogens is 1. The maximum absolute atomic E-state index is 15.2. The zero-order valence-electron chi connectivity index (χ0n) is 32.8. The normalized spacial score (nSPS) is 22.3. The van der Waals surface area contributed by atoms with Gasteiger partial charge in [0, 0.05) is 75.6 Å². The summed E-state index contributed by atoms with van der Waals surface area (Å²) < 4.78 is 47.6. The number of benzene rings is 2. The van der Waals surface area contributed by atoms with Crippen molar-refractivity contribution in [2.75, 3.05) is 69.3 Å². The Hall–Kier alpha value is -4.67. The van der Waals surface area contributed by atoms with Crippen LogP contribution in [0.4, 0.5) is 20.2 Å². The summed E-state index contributed by atoms with van der Waals surface area (Å²) in [5, 5.41) is 5.24. The highest BCUT2D eigenvalue weighted by Crippen LogP contribution is 2.31. The lowest BCUT2D eigenvalue weighted by Gasteiger charge is -2.43. The van der Waals surface area contributed by atoms with E-state index in [9.17, 15) is 19.2 Å².